The number of aromatic nitrogens is 3. The Bertz CT molecular complexity index is 1030. The Hall–Kier alpha value is -3.05. The van der Waals surface area contributed by atoms with Crippen LogP contribution in [0.25, 0.3) is 5.69 Å². The van der Waals surface area contributed by atoms with Crippen molar-refractivity contribution in [2.45, 2.75) is 19.0 Å². The Balaban J connectivity index is 1.65. The molecular formula is C21H26N6O4S. The monoisotopic (exact) mass is 458 g/mol. The molecule has 11 heteroatoms. The van der Waals surface area contributed by atoms with Gasteiger partial charge in [-0.15, -0.1) is 10.2 Å². The molecule has 1 fully saturated rings. The van der Waals surface area contributed by atoms with Crippen LogP contribution < -0.4 is 15.5 Å². The molecule has 2 N–H and O–H groups in total. The highest BCUT2D eigenvalue weighted by atomic mass is 32.2. The second kappa shape index (κ2) is 10.0. The van der Waals surface area contributed by atoms with Gasteiger partial charge in [0.05, 0.1) is 37.6 Å². The number of ether oxygens (including phenoxy) is 2. The van der Waals surface area contributed by atoms with Crippen LogP contribution in [0, 0.1) is 6.92 Å². The fraction of sp³-hybridized carbons (Fsp3) is 0.429. The van der Waals surface area contributed by atoms with E-state index in [2.05, 4.69) is 31.8 Å². The molecule has 4 rings (SSSR count). The number of hydrogen-bond donors (Lipinski definition) is 2. The normalized spacial score (nSPS) is 16.6. The van der Waals surface area contributed by atoms with Gasteiger partial charge in [-0.3, -0.25) is 4.57 Å². The molecule has 10 nitrogen and oxygen atoms in total. The lowest BCUT2D eigenvalue weighted by molar-refractivity contribution is -0.138. The molecule has 1 saturated heterocycles. The first-order valence-electron chi connectivity index (χ1n) is 10.5. The third-order valence-electron chi connectivity index (χ3n) is 5.09. The van der Waals surface area contributed by atoms with E-state index in [0.717, 1.165) is 30.3 Å². The van der Waals surface area contributed by atoms with Gasteiger partial charge in [-0.1, -0.05) is 23.9 Å². The summed E-state index contributed by atoms with van der Waals surface area (Å²) >= 11 is 1.40. The summed E-state index contributed by atoms with van der Waals surface area (Å²) in [4.78, 5) is 26.4. The Morgan fingerprint density at radius 2 is 2.09 bits per heavy atom. The van der Waals surface area contributed by atoms with E-state index >= 15 is 0 Å². The molecule has 0 aliphatic carbocycles. The van der Waals surface area contributed by atoms with Crippen molar-refractivity contribution in [2.24, 2.45) is 0 Å². The van der Waals surface area contributed by atoms with E-state index in [1.54, 1.807) is 6.92 Å². The van der Waals surface area contributed by atoms with Gasteiger partial charge in [-0.05, 0) is 31.5 Å². The van der Waals surface area contributed by atoms with E-state index in [4.69, 9.17) is 9.47 Å². The minimum absolute atomic E-state index is 0.129. The van der Waals surface area contributed by atoms with Crippen molar-refractivity contribution >= 4 is 29.7 Å². The molecule has 0 radical (unpaired) electrons. The van der Waals surface area contributed by atoms with E-state index in [1.165, 1.54) is 11.8 Å². The Kier molecular flexibility index (Phi) is 6.96. The third kappa shape index (κ3) is 4.89. The van der Waals surface area contributed by atoms with Gasteiger partial charge in [-0.25, -0.2) is 9.59 Å². The first kappa shape index (κ1) is 22.2. The molecule has 1 aromatic carbocycles. The second-order valence-electron chi connectivity index (χ2n) is 7.33. The molecular weight excluding hydrogens is 432 g/mol. The van der Waals surface area contributed by atoms with Crippen LogP contribution in [-0.4, -0.2) is 72.0 Å². The maximum Gasteiger partial charge on any atom is 0.337 e. The number of nitrogens with zero attached hydrogens (tertiary/aromatic N) is 4. The summed E-state index contributed by atoms with van der Waals surface area (Å²) in [5, 5.41) is 14.9. The predicted octanol–water partition coefficient (Wildman–Crippen LogP) is 1.63. The minimum Gasteiger partial charge on any atom is -0.463 e. The van der Waals surface area contributed by atoms with Gasteiger partial charge in [-0.2, -0.15) is 0 Å². The number of hydrogen-bond acceptors (Lipinski definition) is 8. The van der Waals surface area contributed by atoms with Crippen LogP contribution in [0.15, 0.2) is 40.7 Å². The Morgan fingerprint density at radius 1 is 1.28 bits per heavy atom. The molecule has 0 spiro atoms. The van der Waals surface area contributed by atoms with Gasteiger partial charge in [0.2, 0.25) is 5.95 Å². The van der Waals surface area contributed by atoms with Crippen LogP contribution in [0.4, 0.5) is 10.7 Å². The molecule has 0 bridgehead atoms. The summed E-state index contributed by atoms with van der Waals surface area (Å²) in [5.41, 5.74) is 3.00. The molecule has 2 aliphatic rings. The summed E-state index contributed by atoms with van der Waals surface area (Å²) in [5.74, 6) is 0.648. The molecule has 170 valence electrons. The van der Waals surface area contributed by atoms with E-state index in [0.29, 0.717) is 35.4 Å². The molecule has 0 atom stereocenters. The zero-order valence-electron chi connectivity index (χ0n) is 18.1. The number of amides is 2. The number of anilines is 1. The van der Waals surface area contributed by atoms with Crippen LogP contribution in [0.5, 0.6) is 0 Å². The lowest BCUT2D eigenvalue weighted by Crippen LogP contribution is -2.44. The second-order valence-corrected chi connectivity index (χ2v) is 8.27. The van der Waals surface area contributed by atoms with Gasteiger partial charge in [0.25, 0.3) is 0 Å². The Labute approximate surface area is 190 Å². The highest BCUT2D eigenvalue weighted by Gasteiger charge is 2.26. The Morgan fingerprint density at radius 3 is 2.84 bits per heavy atom. The van der Waals surface area contributed by atoms with Crippen LogP contribution in [-0.2, 0) is 14.3 Å². The first-order valence-corrected chi connectivity index (χ1v) is 11.5. The van der Waals surface area contributed by atoms with Gasteiger partial charge < -0.3 is 25.0 Å². The quantitative estimate of drug-likeness (QED) is 0.476. The van der Waals surface area contributed by atoms with Gasteiger partial charge >= 0.3 is 12.0 Å². The van der Waals surface area contributed by atoms with Crippen molar-refractivity contribution in [1.29, 1.82) is 0 Å². The summed E-state index contributed by atoms with van der Waals surface area (Å²) in [7, 11) is 0. The highest BCUT2D eigenvalue weighted by Crippen LogP contribution is 2.29. The number of aryl methyl sites for hydroxylation is 1. The fourth-order valence-corrected chi connectivity index (χ4v) is 4.46. The van der Waals surface area contributed by atoms with Crippen LogP contribution in [0.3, 0.4) is 0 Å². The van der Waals surface area contributed by atoms with E-state index in [9.17, 15) is 9.59 Å². The standard InChI is InChI=1S/C21H26N6O4S/c1-3-31-18(28)16-12-22-19(29)23-17(16)13-32-21-25-24-20(26-7-9-30-10-8-26)27(21)15-6-4-5-14(2)11-15/h4-6,11H,3,7-10,12-13H2,1-2H3,(H2,22,23,29). The number of esters is 1. The average molecular weight is 459 g/mol. The minimum atomic E-state index is -0.440. The van der Waals surface area contributed by atoms with Gasteiger partial charge in [0.1, 0.15) is 0 Å². The molecule has 2 aromatic rings. The fourth-order valence-electron chi connectivity index (χ4n) is 3.52. The molecule has 2 aliphatic heterocycles. The molecule has 0 unspecified atom stereocenters. The molecule has 0 saturated carbocycles. The maximum absolute atomic E-state index is 12.3. The van der Waals surface area contributed by atoms with E-state index in [-0.39, 0.29) is 19.2 Å². The smallest absolute Gasteiger partial charge is 0.337 e. The zero-order valence-corrected chi connectivity index (χ0v) is 18.9. The summed E-state index contributed by atoms with van der Waals surface area (Å²) in [6, 6.07) is 7.78. The third-order valence-corrected chi connectivity index (χ3v) is 6.05. The average Bonchev–Trinajstić information content (AvgIpc) is 3.22. The molecule has 2 amide bonds. The molecule has 32 heavy (non-hydrogen) atoms. The number of carbonyl (C=O) groups is 2. The van der Waals surface area contributed by atoms with Crippen LogP contribution in [0.2, 0.25) is 0 Å². The summed E-state index contributed by atoms with van der Waals surface area (Å²) in [6.07, 6.45) is 0. The number of nitrogens with one attached hydrogen (secondary N) is 2. The van der Waals surface area contributed by atoms with Crippen molar-refractivity contribution < 1.29 is 19.1 Å². The zero-order chi connectivity index (χ0) is 22.5. The van der Waals surface area contributed by atoms with Gasteiger partial charge in [0, 0.05) is 24.5 Å². The molecule has 3 heterocycles. The van der Waals surface area contributed by atoms with Crippen molar-refractivity contribution in [3.63, 3.8) is 0 Å². The summed E-state index contributed by atoms with van der Waals surface area (Å²) in [6.45, 7) is 6.92. The number of urea groups is 1. The highest BCUT2D eigenvalue weighted by molar-refractivity contribution is 7.99. The number of morpholine rings is 1. The summed E-state index contributed by atoms with van der Waals surface area (Å²) < 4.78 is 12.6. The first-order chi connectivity index (χ1) is 15.6. The van der Waals surface area contributed by atoms with Gasteiger partial charge in [0.15, 0.2) is 5.16 Å². The number of carbonyl (C=O) groups excluding carboxylic acids is 2. The topological polar surface area (TPSA) is 111 Å². The van der Waals surface area contributed by atoms with Crippen molar-refractivity contribution in [3.8, 4) is 5.69 Å². The number of thioether (sulfide) groups is 1. The lowest BCUT2D eigenvalue weighted by Gasteiger charge is -2.28. The lowest BCUT2D eigenvalue weighted by atomic mass is 10.2. The molecule has 1 aromatic heterocycles. The van der Waals surface area contributed by atoms with E-state index in [1.807, 2.05) is 29.7 Å². The SMILES string of the molecule is CCOC(=O)C1=C(CSc2nnc(N3CCOCC3)n2-c2cccc(C)c2)NC(=O)NC1. The maximum atomic E-state index is 12.3. The van der Waals surface area contributed by atoms with Crippen molar-refractivity contribution in [1.82, 2.24) is 25.4 Å². The van der Waals surface area contributed by atoms with Crippen LogP contribution in [0.1, 0.15) is 12.5 Å². The largest absolute Gasteiger partial charge is 0.463 e. The van der Waals surface area contributed by atoms with E-state index < -0.39 is 5.97 Å². The van der Waals surface area contributed by atoms with Crippen molar-refractivity contribution in [3.05, 3.63) is 41.1 Å². The van der Waals surface area contributed by atoms with Crippen LogP contribution >= 0.6 is 11.8 Å². The number of benzene rings is 1. The number of rotatable bonds is 7. The predicted molar refractivity (Wildman–Crippen MR) is 120 cm³/mol. The van der Waals surface area contributed by atoms with Crippen molar-refractivity contribution in [2.75, 3.05) is 50.1 Å².